The highest BCUT2D eigenvalue weighted by Crippen LogP contribution is 2.28. The predicted octanol–water partition coefficient (Wildman–Crippen LogP) is 2.43. The van der Waals surface area contributed by atoms with Gasteiger partial charge >= 0.3 is 0 Å². The molecular weight excluding hydrogens is 268 g/mol. The molecule has 106 valence electrons. The summed E-state index contributed by atoms with van der Waals surface area (Å²) in [4.78, 5) is 12.7. The third kappa shape index (κ3) is 2.43. The Bertz CT molecular complexity index is 620. The number of thiazole rings is 1. The summed E-state index contributed by atoms with van der Waals surface area (Å²) >= 11 is 1.70. The van der Waals surface area contributed by atoms with E-state index in [1.807, 2.05) is 5.51 Å². The van der Waals surface area contributed by atoms with Crippen LogP contribution in [0.3, 0.4) is 0 Å². The number of rotatable bonds is 4. The van der Waals surface area contributed by atoms with E-state index >= 15 is 0 Å². The second-order valence-corrected chi connectivity index (χ2v) is 6.29. The largest absolute Gasteiger partial charge is 0.354 e. The molecule has 0 saturated carbocycles. The number of fused-ring (bicyclic) bond motifs is 1. The lowest BCUT2D eigenvalue weighted by atomic mass is 10.1. The molecule has 3 rings (SSSR count). The molecule has 0 atom stereocenters. The van der Waals surface area contributed by atoms with Crippen LogP contribution in [0.15, 0.2) is 11.6 Å². The molecule has 1 aliphatic carbocycles. The maximum atomic E-state index is 5.91. The Kier molecular flexibility index (Phi) is 3.72. The molecule has 0 aromatic carbocycles. The van der Waals surface area contributed by atoms with Crippen molar-refractivity contribution < 1.29 is 0 Å². The Balaban J connectivity index is 1.90. The van der Waals surface area contributed by atoms with E-state index in [1.54, 1.807) is 11.3 Å². The van der Waals surface area contributed by atoms with Crippen LogP contribution < -0.4 is 10.6 Å². The van der Waals surface area contributed by atoms with Gasteiger partial charge in [-0.1, -0.05) is 0 Å². The topological polar surface area (TPSA) is 55.0 Å². The van der Waals surface area contributed by atoms with Gasteiger partial charge in [0.25, 0.3) is 0 Å². The molecule has 2 aromatic heterocycles. The maximum absolute atomic E-state index is 5.91. The average Bonchev–Trinajstić information content (AvgIpc) is 3.06. The van der Waals surface area contributed by atoms with Crippen molar-refractivity contribution >= 4 is 17.2 Å². The normalized spacial score (nSPS) is 13.6. The summed E-state index contributed by atoms with van der Waals surface area (Å²) < 4.78 is 0. The lowest BCUT2D eigenvalue weighted by Gasteiger charge is -2.21. The van der Waals surface area contributed by atoms with Crippen LogP contribution in [-0.2, 0) is 25.9 Å². The highest BCUT2D eigenvalue weighted by Gasteiger charge is 2.18. The molecule has 2 aromatic rings. The van der Waals surface area contributed by atoms with Crippen molar-refractivity contribution in [1.29, 1.82) is 0 Å². The second kappa shape index (κ2) is 5.50. The molecule has 0 aliphatic heterocycles. The number of aromatic nitrogens is 2. The lowest BCUT2D eigenvalue weighted by Crippen LogP contribution is -2.21. The highest BCUT2D eigenvalue weighted by molar-refractivity contribution is 7.09. The van der Waals surface area contributed by atoms with E-state index in [2.05, 4.69) is 29.9 Å². The number of aryl methyl sites for hydroxylation is 3. The van der Waals surface area contributed by atoms with E-state index in [4.69, 9.17) is 10.7 Å². The smallest absolute Gasteiger partial charge is 0.133 e. The van der Waals surface area contributed by atoms with E-state index in [1.165, 1.54) is 22.6 Å². The number of hydrogen-bond acceptors (Lipinski definition) is 5. The van der Waals surface area contributed by atoms with Crippen LogP contribution in [0.1, 0.15) is 33.8 Å². The summed E-state index contributed by atoms with van der Waals surface area (Å²) in [6, 6.07) is 2.25. The zero-order chi connectivity index (χ0) is 14.1. The zero-order valence-electron chi connectivity index (χ0n) is 12.0. The van der Waals surface area contributed by atoms with Crippen LogP contribution in [0.2, 0.25) is 0 Å². The number of nitrogens with two attached hydrogens (primary N) is 1. The molecule has 20 heavy (non-hydrogen) atoms. The van der Waals surface area contributed by atoms with Crippen LogP contribution in [0.5, 0.6) is 0 Å². The fraction of sp³-hybridized carbons (Fsp3) is 0.467. The predicted molar refractivity (Wildman–Crippen MR) is 83.1 cm³/mol. The van der Waals surface area contributed by atoms with Crippen molar-refractivity contribution in [3.8, 4) is 0 Å². The Morgan fingerprint density at radius 2 is 2.25 bits per heavy atom. The first-order chi connectivity index (χ1) is 9.69. The minimum atomic E-state index is 0.543. The first-order valence-electron chi connectivity index (χ1n) is 7.01. The standard InChI is InChI=1S/C15H20N4S/c1-10-14(20-9-17-10)8-19(2)15-12(7-16)6-11-4-3-5-13(11)18-15/h6,9H,3-5,7-8,16H2,1-2H3. The fourth-order valence-corrected chi connectivity index (χ4v) is 3.59. The molecule has 0 bridgehead atoms. The van der Waals surface area contributed by atoms with E-state index in [0.717, 1.165) is 36.5 Å². The van der Waals surface area contributed by atoms with Crippen molar-refractivity contribution in [2.24, 2.45) is 5.73 Å². The summed E-state index contributed by atoms with van der Waals surface area (Å²) in [5.41, 5.74) is 12.7. The monoisotopic (exact) mass is 288 g/mol. The molecule has 0 fully saturated rings. The molecule has 1 aliphatic rings. The van der Waals surface area contributed by atoms with Gasteiger partial charge in [-0.2, -0.15) is 0 Å². The summed E-state index contributed by atoms with van der Waals surface area (Å²) in [5.74, 6) is 1.03. The zero-order valence-corrected chi connectivity index (χ0v) is 12.8. The molecule has 2 heterocycles. The van der Waals surface area contributed by atoms with E-state index in [-0.39, 0.29) is 0 Å². The maximum Gasteiger partial charge on any atom is 0.133 e. The SMILES string of the molecule is Cc1ncsc1CN(C)c1nc2c(cc1CN)CCC2. The molecule has 0 saturated heterocycles. The van der Waals surface area contributed by atoms with Crippen LogP contribution in [0, 0.1) is 6.92 Å². The summed E-state index contributed by atoms with van der Waals surface area (Å²) in [5, 5.41) is 0. The van der Waals surface area contributed by atoms with Gasteiger partial charge in [0.05, 0.1) is 17.7 Å². The number of pyridine rings is 1. The van der Waals surface area contributed by atoms with Crippen LogP contribution in [0.25, 0.3) is 0 Å². The lowest BCUT2D eigenvalue weighted by molar-refractivity contribution is 0.861. The summed E-state index contributed by atoms with van der Waals surface area (Å²) in [7, 11) is 2.09. The molecule has 4 nitrogen and oxygen atoms in total. The minimum Gasteiger partial charge on any atom is -0.354 e. The first kappa shape index (κ1) is 13.5. The molecule has 0 spiro atoms. The van der Waals surface area contributed by atoms with Crippen LogP contribution >= 0.6 is 11.3 Å². The summed E-state index contributed by atoms with van der Waals surface area (Å²) in [6.45, 7) is 3.44. The molecule has 0 unspecified atom stereocenters. The Hall–Kier alpha value is -1.46. The van der Waals surface area contributed by atoms with Gasteiger partial charge in [-0.3, -0.25) is 0 Å². The molecular formula is C15H20N4S. The first-order valence-corrected chi connectivity index (χ1v) is 7.89. The van der Waals surface area contributed by atoms with Gasteiger partial charge in [-0.15, -0.1) is 11.3 Å². The van der Waals surface area contributed by atoms with Crippen LogP contribution in [-0.4, -0.2) is 17.0 Å². The van der Waals surface area contributed by atoms with Crippen molar-refractivity contribution in [1.82, 2.24) is 9.97 Å². The van der Waals surface area contributed by atoms with Gasteiger partial charge in [0, 0.05) is 29.7 Å². The number of hydrogen-bond donors (Lipinski definition) is 1. The van der Waals surface area contributed by atoms with Crippen molar-refractivity contribution in [2.75, 3.05) is 11.9 Å². The van der Waals surface area contributed by atoms with E-state index in [9.17, 15) is 0 Å². The van der Waals surface area contributed by atoms with Gasteiger partial charge in [-0.05, 0) is 37.8 Å². The molecule has 5 heteroatoms. The van der Waals surface area contributed by atoms with Gasteiger partial charge in [0.1, 0.15) is 5.82 Å². The van der Waals surface area contributed by atoms with Gasteiger partial charge < -0.3 is 10.6 Å². The van der Waals surface area contributed by atoms with Crippen molar-refractivity contribution in [2.45, 2.75) is 39.3 Å². The Morgan fingerprint density at radius 3 is 2.95 bits per heavy atom. The minimum absolute atomic E-state index is 0.543. The van der Waals surface area contributed by atoms with E-state index < -0.39 is 0 Å². The molecule has 0 amide bonds. The van der Waals surface area contributed by atoms with Crippen molar-refractivity contribution in [3.63, 3.8) is 0 Å². The van der Waals surface area contributed by atoms with E-state index in [0.29, 0.717) is 6.54 Å². The number of nitrogens with zero attached hydrogens (tertiary/aromatic N) is 3. The van der Waals surface area contributed by atoms with Gasteiger partial charge in [-0.25, -0.2) is 9.97 Å². The van der Waals surface area contributed by atoms with Gasteiger partial charge in [0.15, 0.2) is 0 Å². The second-order valence-electron chi connectivity index (χ2n) is 5.35. The Morgan fingerprint density at radius 1 is 1.40 bits per heavy atom. The molecule has 0 radical (unpaired) electrons. The highest BCUT2D eigenvalue weighted by atomic mass is 32.1. The average molecular weight is 288 g/mol. The fourth-order valence-electron chi connectivity index (χ4n) is 2.76. The summed E-state index contributed by atoms with van der Waals surface area (Å²) in [6.07, 6.45) is 3.46. The van der Waals surface area contributed by atoms with Crippen LogP contribution in [0.4, 0.5) is 5.82 Å². The quantitative estimate of drug-likeness (QED) is 0.939. The van der Waals surface area contributed by atoms with Crippen molar-refractivity contribution in [3.05, 3.63) is 39.0 Å². The number of anilines is 1. The third-order valence-electron chi connectivity index (χ3n) is 3.91. The third-order valence-corrected chi connectivity index (χ3v) is 4.83. The Labute approximate surface area is 123 Å². The van der Waals surface area contributed by atoms with Gasteiger partial charge in [0.2, 0.25) is 0 Å². The molecule has 2 N–H and O–H groups in total.